The molecule has 68 valence electrons. The molecule has 2 nitrogen and oxygen atoms in total. The molecule has 0 aromatic rings. The van der Waals surface area contributed by atoms with Crippen LogP contribution in [0.5, 0.6) is 0 Å². The molecular weight excluding hydrogens is 152 g/mol. The molecular formula is C10H16O2. The summed E-state index contributed by atoms with van der Waals surface area (Å²) in [5, 5.41) is 9.86. The summed E-state index contributed by atoms with van der Waals surface area (Å²) in [5.41, 5.74) is 0.165. The molecule has 2 atom stereocenters. The van der Waals surface area contributed by atoms with Crippen LogP contribution >= 0.6 is 0 Å². The molecule has 1 fully saturated rings. The van der Waals surface area contributed by atoms with Crippen LogP contribution in [0.3, 0.4) is 0 Å². The van der Waals surface area contributed by atoms with Gasteiger partial charge in [-0.2, -0.15) is 0 Å². The van der Waals surface area contributed by atoms with E-state index in [4.69, 9.17) is 4.74 Å². The maximum Gasteiger partial charge on any atom is 0.0900 e. The summed E-state index contributed by atoms with van der Waals surface area (Å²) in [4.78, 5) is 0. The van der Waals surface area contributed by atoms with Crippen molar-refractivity contribution < 1.29 is 9.84 Å². The third kappa shape index (κ3) is 1.02. The van der Waals surface area contributed by atoms with Gasteiger partial charge in [0.1, 0.15) is 0 Å². The van der Waals surface area contributed by atoms with Crippen molar-refractivity contribution in [2.24, 2.45) is 0 Å². The molecule has 0 unspecified atom stereocenters. The molecule has 2 heterocycles. The minimum absolute atomic E-state index is 0.178. The molecule has 0 aliphatic carbocycles. The van der Waals surface area contributed by atoms with Crippen LogP contribution < -0.4 is 0 Å². The van der Waals surface area contributed by atoms with Crippen LogP contribution in [0, 0.1) is 0 Å². The lowest BCUT2D eigenvalue weighted by atomic mass is 9.80. The normalized spacial score (nSPS) is 40.3. The summed E-state index contributed by atoms with van der Waals surface area (Å²) < 4.78 is 5.75. The van der Waals surface area contributed by atoms with Crippen LogP contribution in [-0.4, -0.2) is 22.4 Å². The lowest BCUT2D eigenvalue weighted by molar-refractivity contribution is 0.00970. The Morgan fingerprint density at radius 1 is 1.67 bits per heavy atom. The smallest absolute Gasteiger partial charge is 0.0900 e. The van der Waals surface area contributed by atoms with Crippen LogP contribution in [0.1, 0.15) is 33.6 Å². The Balaban J connectivity index is 2.34. The Morgan fingerprint density at radius 3 is 2.58 bits per heavy atom. The molecule has 2 aliphatic rings. The van der Waals surface area contributed by atoms with Crippen molar-refractivity contribution in [3.8, 4) is 0 Å². The molecule has 12 heavy (non-hydrogen) atoms. The fraction of sp³-hybridized carbons (Fsp3) is 0.800. The van der Waals surface area contributed by atoms with Gasteiger partial charge in [0.05, 0.1) is 17.3 Å². The van der Waals surface area contributed by atoms with Crippen LogP contribution in [-0.2, 0) is 4.74 Å². The van der Waals surface area contributed by atoms with E-state index < -0.39 is 5.60 Å². The standard InChI is InChI=1S/C10H16O2/c1-9(2,11)8-6-7-4-5-10(8,3)12-7/h6-7,11H,4-5H2,1-3H3/t7-,10+/m0/s1. The fourth-order valence-corrected chi connectivity index (χ4v) is 2.40. The first-order chi connectivity index (χ1) is 5.42. The molecule has 0 aromatic carbocycles. The molecule has 2 heteroatoms. The summed E-state index contributed by atoms with van der Waals surface area (Å²) in [6, 6.07) is 0. The molecule has 0 radical (unpaired) electrons. The van der Waals surface area contributed by atoms with Crippen molar-refractivity contribution in [3.05, 3.63) is 11.6 Å². The number of rotatable bonds is 1. The molecule has 0 saturated carbocycles. The lowest BCUT2D eigenvalue weighted by Gasteiger charge is -2.31. The third-order valence-electron chi connectivity index (χ3n) is 2.90. The van der Waals surface area contributed by atoms with E-state index in [-0.39, 0.29) is 11.7 Å². The summed E-state index contributed by atoms with van der Waals surface area (Å²) in [6.45, 7) is 5.73. The lowest BCUT2D eigenvalue weighted by Crippen LogP contribution is -2.36. The van der Waals surface area contributed by atoms with E-state index in [0.29, 0.717) is 0 Å². The Morgan fingerprint density at radius 2 is 2.33 bits per heavy atom. The highest BCUT2D eigenvalue weighted by Crippen LogP contribution is 2.46. The van der Waals surface area contributed by atoms with Gasteiger partial charge in [-0.3, -0.25) is 0 Å². The number of hydrogen-bond acceptors (Lipinski definition) is 2. The highest BCUT2D eigenvalue weighted by molar-refractivity contribution is 5.33. The second-order valence-corrected chi connectivity index (χ2v) is 4.57. The number of aliphatic hydroxyl groups is 1. The van der Waals surface area contributed by atoms with E-state index in [1.807, 2.05) is 13.8 Å². The molecule has 2 aliphatic heterocycles. The van der Waals surface area contributed by atoms with Crippen molar-refractivity contribution in [1.29, 1.82) is 0 Å². The first-order valence-corrected chi connectivity index (χ1v) is 4.55. The Labute approximate surface area is 73.2 Å². The van der Waals surface area contributed by atoms with Crippen LogP contribution in [0.4, 0.5) is 0 Å². The van der Waals surface area contributed by atoms with E-state index in [1.165, 1.54) is 0 Å². The van der Waals surface area contributed by atoms with E-state index in [1.54, 1.807) is 0 Å². The summed E-state index contributed by atoms with van der Waals surface area (Å²) in [5.74, 6) is 0. The van der Waals surface area contributed by atoms with E-state index >= 15 is 0 Å². The maximum atomic E-state index is 9.86. The zero-order chi connectivity index (χ0) is 8.98. The molecule has 0 amide bonds. The Kier molecular flexibility index (Phi) is 1.46. The van der Waals surface area contributed by atoms with Gasteiger partial charge in [0.25, 0.3) is 0 Å². The molecule has 1 saturated heterocycles. The molecule has 0 spiro atoms. The van der Waals surface area contributed by atoms with Crippen molar-refractivity contribution in [3.63, 3.8) is 0 Å². The highest BCUT2D eigenvalue weighted by atomic mass is 16.5. The first kappa shape index (κ1) is 8.27. The second kappa shape index (κ2) is 2.12. The van der Waals surface area contributed by atoms with Gasteiger partial charge in [0.15, 0.2) is 0 Å². The van der Waals surface area contributed by atoms with Gasteiger partial charge < -0.3 is 9.84 Å². The van der Waals surface area contributed by atoms with Crippen LogP contribution in [0.2, 0.25) is 0 Å². The average molecular weight is 168 g/mol. The summed E-state index contributed by atoms with van der Waals surface area (Å²) in [7, 11) is 0. The molecule has 2 bridgehead atoms. The van der Waals surface area contributed by atoms with Gasteiger partial charge in [-0.1, -0.05) is 6.08 Å². The number of fused-ring (bicyclic) bond motifs is 2. The van der Waals surface area contributed by atoms with Crippen LogP contribution in [0.15, 0.2) is 11.6 Å². The molecule has 2 rings (SSSR count). The van der Waals surface area contributed by atoms with Crippen molar-refractivity contribution in [1.82, 2.24) is 0 Å². The van der Waals surface area contributed by atoms with Gasteiger partial charge in [0.2, 0.25) is 0 Å². The van der Waals surface area contributed by atoms with Gasteiger partial charge in [-0.05, 0) is 39.2 Å². The van der Waals surface area contributed by atoms with E-state index in [0.717, 1.165) is 18.4 Å². The third-order valence-corrected chi connectivity index (χ3v) is 2.90. The predicted molar refractivity (Wildman–Crippen MR) is 46.9 cm³/mol. The SMILES string of the molecule is CC(C)(O)C1=C[C@@H]2CC[C@@]1(C)O2. The van der Waals surface area contributed by atoms with Crippen molar-refractivity contribution in [2.75, 3.05) is 0 Å². The van der Waals surface area contributed by atoms with E-state index in [2.05, 4.69) is 13.0 Å². The second-order valence-electron chi connectivity index (χ2n) is 4.57. The molecule has 0 aromatic heterocycles. The van der Waals surface area contributed by atoms with Crippen molar-refractivity contribution in [2.45, 2.75) is 50.9 Å². The molecule has 1 N–H and O–H groups in total. The minimum Gasteiger partial charge on any atom is -0.386 e. The van der Waals surface area contributed by atoms with Gasteiger partial charge in [-0.15, -0.1) is 0 Å². The highest BCUT2D eigenvalue weighted by Gasteiger charge is 2.48. The fourth-order valence-electron chi connectivity index (χ4n) is 2.40. The number of hydrogen-bond donors (Lipinski definition) is 1. The summed E-state index contributed by atoms with van der Waals surface area (Å²) in [6.07, 6.45) is 4.50. The maximum absolute atomic E-state index is 9.86. The zero-order valence-corrected chi connectivity index (χ0v) is 7.92. The van der Waals surface area contributed by atoms with Gasteiger partial charge in [0, 0.05) is 0 Å². The van der Waals surface area contributed by atoms with Gasteiger partial charge >= 0.3 is 0 Å². The Bertz CT molecular complexity index is 237. The quantitative estimate of drug-likeness (QED) is 0.603. The topological polar surface area (TPSA) is 29.5 Å². The first-order valence-electron chi connectivity index (χ1n) is 4.55. The number of ether oxygens (including phenoxy) is 1. The predicted octanol–water partition coefficient (Wildman–Crippen LogP) is 1.64. The zero-order valence-electron chi connectivity index (χ0n) is 7.92. The van der Waals surface area contributed by atoms with Crippen LogP contribution in [0.25, 0.3) is 0 Å². The van der Waals surface area contributed by atoms with E-state index in [9.17, 15) is 5.11 Å². The monoisotopic (exact) mass is 168 g/mol. The average Bonchev–Trinajstić information content (AvgIpc) is 2.39. The summed E-state index contributed by atoms with van der Waals surface area (Å²) >= 11 is 0. The Hall–Kier alpha value is -0.340. The van der Waals surface area contributed by atoms with Crippen molar-refractivity contribution >= 4 is 0 Å². The largest absolute Gasteiger partial charge is 0.386 e. The minimum atomic E-state index is -0.718. The van der Waals surface area contributed by atoms with Gasteiger partial charge in [-0.25, -0.2) is 0 Å².